The van der Waals surface area contributed by atoms with E-state index in [9.17, 15) is 4.79 Å². The summed E-state index contributed by atoms with van der Waals surface area (Å²) in [5.41, 5.74) is 0.620. The van der Waals surface area contributed by atoms with E-state index >= 15 is 0 Å². The Hall–Kier alpha value is -2.51. The maximum atomic E-state index is 12.3. The molecule has 0 fully saturated rings. The number of fused-ring (bicyclic) bond motifs is 1. The number of rotatable bonds is 5. The van der Waals surface area contributed by atoms with Crippen molar-refractivity contribution in [3.8, 4) is 11.5 Å². The summed E-state index contributed by atoms with van der Waals surface area (Å²) in [4.78, 5) is 12.3. The molecule has 1 unspecified atom stereocenters. The molecule has 0 saturated heterocycles. The van der Waals surface area contributed by atoms with Crippen molar-refractivity contribution < 1.29 is 14.3 Å². The van der Waals surface area contributed by atoms with Crippen LogP contribution in [0.3, 0.4) is 0 Å². The van der Waals surface area contributed by atoms with Crippen LogP contribution >= 0.6 is 23.4 Å². The van der Waals surface area contributed by atoms with Gasteiger partial charge in [-0.15, -0.1) is 10.2 Å². The lowest BCUT2D eigenvalue weighted by molar-refractivity contribution is 0.0825. The number of ketones is 1. The number of nitrogens with zero attached hydrogens (tertiary/aromatic N) is 3. The maximum Gasteiger partial charge on any atom is 0.192 e. The quantitative estimate of drug-likeness (QED) is 0.476. The molecule has 0 N–H and O–H groups in total. The molecular weight excluding hydrogens is 386 g/mol. The first-order valence-corrected chi connectivity index (χ1v) is 9.67. The molecule has 1 aliphatic heterocycles. The number of Topliss-reactive ketones (excluding diaryl/α,β-unsaturated/α-hetero) is 1. The largest absolute Gasteiger partial charge is 0.485 e. The van der Waals surface area contributed by atoms with E-state index in [1.807, 2.05) is 35.9 Å². The topological polar surface area (TPSA) is 66.2 Å². The number of aromatic nitrogens is 3. The van der Waals surface area contributed by atoms with Gasteiger partial charge in [-0.25, -0.2) is 0 Å². The molecule has 1 aliphatic rings. The zero-order valence-electron chi connectivity index (χ0n) is 14.5. The molecule has 1 aromatic heterocycles. The summed E-state index contributed by atoms with van der Waals surface area (Å²) in [7, 11) is 1.86. The second-order valence-electron chi connectivity index (χ2n) is 5.98. The highest BCUT2D eigenvalue weighted by Crippen LogP contribution is 2.35. The van der Waals surface area contributed by atoms with Crippen LogP contribution < -0.4 is 9.47 Å². The maximum absolute atomic E-state index is 12.3. The molecule has 0 spiro atoms. The van der Waals surface area contributed by atoms with Gasteiger partial charge in [0.25, 0.3) is 0 Å². The smallest absolute Gasteiger partial charge is 0.192 e. The monoisotopic (exact) mass is 401 g/mol. The van der Waals surface area contributed by atoms with Gasteiger partial charge < -0.3 is 14.0 Å². The fraction of sp³-hybridized carbons (Fsp3) is 0.211. The molecular formula is C19H16ClN3O3S. The minimum Gasteiger partial charge on any atom is -0.485 e. The molecule has 2 heterocycles. The Kier molecular flexibility index (Phi) is 5.05. The molecule has 0 aliphatic carbocycles. The van der Waals surface area contributed by atoms with Crippen LogP contribution in [0.15, 0.2) is 53.7 Å². The number of benzene rings is 2. The van der Waals surface area contributed by atoms with Gasteiger partial charge in [-0.2, -0.15) is 0 Å². The molecule has 6 nitrogen and oxygen atoms in total. The molecule has 8 heteroatoms. The van der Waals surface area contributed by atoms with E-state index in [0.29, 0.717) is 33.9 Å². The Bertz CT molecular complexity index is 975. The molecule has 0 radical (unpaired) electrons. The van der Waals surface area contributed by atoms with Crippen molar-refractivity contribution in [2.24, 2.45) is 7.05 Å². The molecule has 138 valence electrons. The van der Waals surface area contributed by atoms with Gasteiger partial charge in [0.05, 0.1) is 5.75 Å². The minimum atomic E-state index is -0.348. The Morgan fingerprint density at radius 1 is 1.19 bits per heavy atom. The van der Waals surface area contributed by atoms with Crippen molar-refractivity contribution in [1.82, 2.24) is 14.8 Å². The van der Waals surface area contributed by atoms with E-state index in [0.717, 1.165) is 5.75 Å². The fourth-order valence-electron chi connectivity index (χ4n) is 2.73. The number of carbonyl (C=O) groups is 1. The Balaban J connectivity index is 1.43. The highest BCUT2D eigenvalue weighted by atomic mass is 35.5. The molecule has 27 heavy (non-hydrogen) atoms. The third-order valence-electron chi connectivity index (χ3n) is 4.16. The van der Waals surface area contributed by atoms with Crippen LogP contribution in [0.5, 0.6) is 11.5 Å². The van der Waals surface area contributed by atoms with E-state index in [1.165, 1.54) is 11.8 Å². The fourth-order valence-corrected chi connectivity index (χ4v) is 3.67. The van der Waals surface area contributed by atoms with Gasteiger partial charge in [-0.05, 0) is 36.4 Å². The predicted molar refractivity (Wildman–Crippen MR) is 103 cm³/mol. The van der Waals surface area contributed by atoms with Crippen molar-refractivity contribution >= 4 is 29.1 Å². The lowest BCUT2D eigenvalue weighted by Gasteiger charge is -2.25. The molecule has 3 aromatic rings. The van der Waals surface area contributed by atoms with Gasteiger partial charge in [0.2, 0.25) is 0 Å². The second kappa shape index (κ2) is 7.62. The van der Waals surface area contributed by atoms with E-state index < -0.39 is 0 Å². The van der Waals surface area contributed by atoms with E-state index in [4.69, 9.17) is 21.1 Å². The summed E-state index contributed by atoms with van der Waals surface area (Å²) in [6.45, 7) is 0.358. The zero-order valence-corrected chi connectivity index (χ0v) is 16.0. The number of hydrogen-bond acceptors (Lipinski definition) is 6. The highest BCUT2D eigenvalue weighted by Gasteiger charge is 2.27. The average Bonchev–Trinajstić information content (AvgIpc) is 3.06. The summed E-state index contributed by atoms with van der Waals surface area (Å²) in [5, 5.41) is 9.68. The third kappa shape index (κ3) is 3.79. The normalized spacial score (nSPS) is 15.6. The van der Waals surface area contributed by atoms with Crippen LogP contribution in [0.25, 0.3) is 0 Å². The molecule has 2 aromatic carbocycles. The lowest BCUT2D eigenvalue weighted by atomic mass is 10.1. The minimum absolute atomic E-state index is 0.00685. The van der Waals surface area contributed by atoms with E-state index in [1.54, 1.807) is 24.3 Å². The first-order chi connectivity index (χ1) is 13.1. The molecule has 0 bridgehead atoms. The number of ether oxygens (including phenoxy) is 2. The van der Waals surface area contributed by atoms with Crippen LogP contribution in [0.2, 0.25) is 5.02 Å². The Morgan fingerprint density at radius 2 is 1.93 bits per heavy atom. The van der Waals surface area contributed by atoms with Gasteiger partial charge >= 0.3 is 0 Å². The average molecular weight is 402 g/mol. The van der Waals surface area contributed by atoms with Crippen LogP contribution in [0.4, 0.5) is 0 Å². The van der Waals surface area contributed by atoms with Crippen LogP contribution in [-0.4, -0.2) is 32.9 Å². The molecule has 4 rings (SSSR count). The standard InChI is InChI=1S/C19H16ClN3O3S/c1-23-18(17-10-25-15-4-2-3-5-16(15)26-17)21-22-19(23)27-11-14(24)12-6-8-13(20)9-7-12/h2-9,17H,10-11H2,1H3. The lowest BCUT2D eigenvalue weighted by Crippen LogP contribution is -2.24. The Morgan fingerprint density at radius 3 is 2.70 bits per heavy atom. The summed E-state index contributed by atoms with van der Waals surface area (Å²) in [6, 6.07) is 14.4. The highest BCUT2D eigenvalue weighted by molar-refractivity contribution is 7.99. The van der Waals surface area contributed by atoms with Crippen LogP contribution in [0.1, 0.15) is 22.3 Å². The van der Waals surface area contributed by atoms with Gasteiger partial charge in [-0.3, -0.25) is 4.79 Å². The van der Waals surface area contributed by atoms with Crippen LogP contribution in [-0.2, 0) is 7.05 Å². The number of para-hydroxylation sites is 2. The number of carbonyl (C=O) groups excluding carboxylic acids is 1. The van der Waals surface area contributed by atoms with Gasteiger partial charge in [0.1, 0.15) is 6.61 Å². The molecule has 0 saturated carbocycles. The zero-order chi connectivity index (χ0) is 18.8. The summed E-state index contributed by atoms with van der Waals surface area (Å²) in [5.74, 6) is 2.33. The molecule has 1 atom stereocenters. The molecule has 0 amide bonds. The van der Waals surface area contributed by atoms with Gasteiger partial charge in [-0.1, -0.05) is 35.5 Å². The van der Waals surface area contributed by atoms with E-state index in [2.05, 4.69) is 10.2 Å². The Labute approximate surface area is 165 Å². The summed E-state index contributed by atoms with van der Waals surface area (Å²) < 4.78 is 13.6. The first kappa shape index (κ1) is 17.9. The summed E-state index contributed by atoms with van der Waals surface area (Å²) >= 11 is 7.19. The predicted octanol–water partition coefficient (Wildman–Crippen LogP) is 3.96. The number of thioether (sulfide) groups is 1. The third-order valence-corrected chi connectivity index (χ3v) is 5.44. The van der Waals surface area contributed by atoms with Crippen molar-refractivity contribution in [3.63, 3.8) is 0 Å². The first-order valence-electron chi connectivity index (χ1n) is 8.31. The van der Waals surface area contributed by atoms with Crippen molar-refractivity contribution in [1.29, 1.82) is 0 Å². The van der Waals surface area contributed by atoms with Gasteiger partial charge in [0.15, 0.2) is 34.4 Å². The van der Waals surface area contributed by atoms with Gasteiger partial charge in [0, 0.05) is 17.6 Å². The van der Waals surface area contributed by atoms with Crippen molar-refractivity contribution in [2.75, 3.05) is 12.4 Å². The van der Waals surface area contributed by atoms with Crippen molar-refractivity contribution in [2.45, 2.75) is 11.3 Å². The SMILES string of the molecule is Cn1c(SCC(=O)c2ccc(Cl)cc2)nnc1C1COc2ccccc2O1. The number of hydrogen-bond donors (Lipinski definition) is 0. The van der Waals surface area contributed by atoms with E-state index in [-0.39, 0.29) is 17.6 Å². The van der Waals surface area contributed by atoms with Crippen molar-refractivity contribution in [3.05, 3.63) is 64.9 Å². The number of halogens is 1. The second-order valence-corrected chi connectivity index (χ2v) is 7.36. The summed E-state index contributed by atoms with van der Waals surface area (Å²) in [6.07, 6.45) is -0.348. The van der Waals surface area contributed by atoms with Crippen LogP contribution in [0, 0.1) is 0 Å².